The van der Waals surface area contributed by atoms with Crippen LogP contribution in [0.25, 0.3) is 0 Å². The summed E-state index contributed by atoms with van der Waals surface area (Å²) in [5.41, 5.74) is 1.08. The average molecular weight is 252 g/mol. The molecule has 1 aromatic heterocycles. The van der Waals surface area contributed by atoms with E-state index in [0.717, 1.165) is 12.2 Å². The Morgan fingerprint density at radius 2 is 2.22 bits per heavy atom. The van der Waals surface area contributed by atoms with E-state index in [9.17, 15) is 4.79 Å². The lowest BCUT2D eigenvalue weighted by atomic mass is 10.2. The zero-order valence-corrected chi connectivity index (χ0v) is 11.1. The lowest BCUT2D eigenvalue weighted by Gasteiger charge is -2.25. The van der Waals surface area contributed by atoms with Crippen molar-refractivity contribution in [2.45, 2.75) is 26.4 Å². The molecule has 0 amide bonds. The number of carboxylic acid groups (broad SMARTS) is 1. The molecule has 5 nitrogen and oxygen atoms in total. The Morgan fingerprint density at radius 3 is 2.67 bits per heavy atom. The number of aromatic nitrogens is 1. The van der Waals surface area contributed by atoms with Gasteiger partial charge in [0.15, 0.2) is 0 Å². The lowest BCUT2D eigenvalue weighted by molar-refractivity contribution is 0.0696. The SMILES string of the molecule is COCCN(Cc1ccc(C(=O)O)cn1)C(C)C. The van der Waals surface area contributed by atoms with Gasteiger partial charge in [-0.25, -0.2) is 4.79 Å². The molecule has 0 atom stereocenters. The molecule has 5 heteroatoms. The second-order valence-electron chi connectivity index (χ2n) is 4.40. The summed E-state index contributed by atoms with van der Waals surface area (Å²) < 4.78 is 5.07. The molecule has 1 rings (SSSR count). The van der Waals surface area contributed by atoms with Crippen LogP contribution < -0.4 is 0 Å². The highest BCUT2D eigenvalue weighted by Crippen LogP contribution is 2.07. The molecule has 0 unspecified atom stereocenters. The van der Waals surface area contributed by atoms with Crippen molar-refractivity contribution >= 4 is 5.97 Å². The Morgan fingerprint density at radius 1 is 1.50 bits per heavy atom. The summed E-state index contributed by atoms with van der Waals surface area (Å²) in [7, 11) is 1.68. The van der Waals surface area contributed by atoms with Gasteiger partial charge in [0.1, 0.15) is 0 Å². The number of carboxylic acids is 1. The van der Waals surface area contributed by atoms with Gasteiger partial charge in [-0.3, -0.25) is 9.88 Å². The molecule has 0 spiro atoms. The predicted octanol–water partition coefficient (Wildman–Crippen LogP) is 1.64. The fourth-order valence-corrected chi connectivity index (χ4v) is 1.58. The number of nitrogens with zero attached hydrogens (tertiary/aromatic N) is 2. The first kappa shape index (κ1) is 14.6. The van der Waals surface area contributed by atoms with Crippen LogP contribution in [0.1, 0.15) is 29.9 Å². The van der Waals surface area contributed by atoms with E-state index in [1.165, 1.54) is 6.20 Å². The predicted molar refractivity (Wildman–Crippen MR) is 68.6 cm³/mol. The zero-order chi connectivity index (χ0) is 13.5. The topological polar surface area (TPSA) is 62.7 Å². The van der Waals surface area contributed by atoms with Crippen molar-refractivity contribution in [3.8, 4) is 0 Å². The second-order valence-corrected chi connectivity index (χ2v) is 4.40. The molecule has 1 heterocycles. The van der Waals surface area contributed by atoms with E-state index < -0.39 is 5.97 Å². The number of hydrogen-bond acceptors (Lipinski definition) is 4. The van der Waals surface area contributed by atoms with Crippen molar-refractivity contribution in [1.29, 1.82) is 0 Å². The van der Waals surface area contributed by atoms with Gasteiger partial charge in [0.2, 0.25) is 0 Å². The van der Waals surface area contributed by atoms with E-state index in [1.807, 2.05) is 0 Å². The third-order valence-corrected chi connectivity index (χ3v) is 2.75. The van der Waals surface area contributed by atoms with Gasteiger partial charge in [0.25, 0.3) is 0 Å². The Labute approximate surface area is 107 Å². The molecule has 0 aliphatic rings. The molecular formula is C13H20N2O3. The van der Waals surface area contributed by atoms with Crippen LogP contribution >= 0.6 is 0 Å². The quantitative estimate of drug-likeness (QED) is 0.799. The van der Waals surface area contributed by atoms with Gasteiger partial charge in [0.05, 0.1) is 17.9 Å². The van der Waals surface area contributed by atoms with Crippen molar-refractivity contribution in [3.63, 3.8) is 0 Å². The van der Waals surface area contributed by atoms with E-state index in [2.05, 4.69) is 23.7 Å². The van der Waals surface area contributed by atoms with Crippen LogP contribution in [0.2, 0.25) is 0 Å². The molecule has 0 saturated heterocycles. The van der Waals surface area contributed by atoms with Gasteiger partial charge in [-0.15, -0.1) is 0 Å². The molecule has 0 fully saturated rings. The monoisotopic (exact) mass is 252 g/mol. The highest BCUT2D eigenvalue weighted by atomic mass is 16.5. The molecule has 18 heavy (non-hydrogen) atoms. The van der Waals surface area contributed by atoms with Crippen LogP contribution in [0.3, 0.4) is 0 Å². The number of hydrogen-bond donors (Lipinski definition) is 1. The lowest BCUT2D eigenvalue weighted by Crippen LogP contribution is -2.33. The molecular weight excluding hydrogens is 232 g/mol. The van der Waals surface area contributed by atoms with Crippen LogP contribution in [0.15, 0.2) is 18.3 Å². The number of methoxy groups -OCH3 is 1. The number of carbonyl (C=O) groups is 1. The van der Waals surface area contributed by atoms with Crippen molar-refractivity contribution in [2.24, 2.45) is 0 Å². The van der Waals surface area contributed by atoms with Crippen molar-refractivity contribution in [1.82, 2.24) is 9.88 Å². The molecule has 100 valence electrons. The van der Waals surface area contributed by atoms with Crippen LogP contribution in [-0.4, -0.2) is 47.3 Å². The van der Waals surface area contributed by atoms with Gasteiger partial charge >= 0.3 is 5.97 Å². The van der Waals surface area contributed by atoms with Crippen molar-refractivity contribution < 1.29 is 14.6 Å². The summed E-state index contributed by atoms with van der Waals surface area (Å²) in [6, 6.07) is 3.73. The first-order valence-corrected chi connectivity index (χ1v) is 5.95. The maximum absolute atomic E-state index is 10.7. The van der Waals surface area contributed by atoms with Gasteiger partial charge < -0.3 is 9.84 Å². The smallest absolute Gasteiger partial charge is 0.337 e. The minimum Gasteiger partial charge on any atom is -0.478 e. The standard InChI is InChI=1S/C13H20N2O3/c1-10(2)15(6-7-18-3)9-12-5-4-11(8-14-12)13(16)17/h4-5,8,10H,6-7,9H2,1-3H3,(H,16,17). The maximum atomic E-state index is 10.7. The fraction of sp³-hybridized carbons (Fsp3) is 0.538. The van der Waals surface area contributed by atoms with Crippen LogP contribution in [0.5, 0.6) is 0 Å². The van der Waals surface area contributed by atoms with E-state index in [4.69, 9.17) is 9.84 Å². The van der Waals surface area contributed by atoms with Crippen LogP contribution in [0, 0.1) is 0 Å². The number of rotatable bonds is 7. The molecule has 0 aliphatic heterocycles. The summed E-state index contributed by atoms with van der Waals surface area (Å²) in [5, 5.41) is 8.80. The summed E-state index contributed by atoms with van der Waals surface area (Å²) >= 11 is 0. The molecule has 0 aromatic carbocycles. The minimum absolute atomic E-state index is 0.215. The number of pyridine rings is 1. The zero-order valence-electron chi connectivity index (χ0n) is 11.1. The first-order chi connectivity index (χ1) is 8.54. The molecule has 0 bridgehead atoms. The van der Waals surface area contributed by atoms with Gasteiger partial charge in [0, 0.05) is 32.4 Å². The molecule has 0 saturated carbocycles. The van der Waals surface area contributed by atoms with Crippen LogP contribution in [0.4, 0.5) is 0 Å². The van der Waals surface area contributed by atoms with E-state index in [1.54, 1.807) is 19.2 Å². The molecule has 0 aliphatic carbocycles. The summed E-state index contributed by atoms with van der Waals surface area (Å²) in [4.78, 5) is 17.1. The molecule has 0 radical (unpaired) electrons. The number of aromatic carboxylic acids is 1. The van der Waals surface area contributed by atoms with E-state index >= 15 is 0 Å². The largest absolute Gasteiger partial charge is 0.478 e. The molecule has 1 aromatic rings. The third-order valence-electron chi connectivity index (χ3n) is 2.75. The first-order valence-electron chi connectivity index (χ1n) is 5.95. The summed E-state index contributed by atoms with van der Waals surface area (Å²) in [5.74, 6) is -0.950. The van der Waals surface area contributed by atoms with E-state index in [0.29, 0.717) is 19.2 Å². The average Bonchev–Trinajstić information content (AvgIpc) is 2.34. The summed E-state index contributed by atoms with van der Waals surface area (Å²) in [6.45, 7) is 6.42. The maximum Gasteiger partial charge on any atom is 0.337 e. The Kier molecular flexibility index (Phi) is 5.74. The highest BCUT2D eigenvalue weighted by molar-refractivity contribution is 5.87. The Balaban J connectivity index is 2.65. The second kappa shape index (κ2) is 7.08. The summed E-state index contributed by atoms with van der Waals surface area (Å²) in [6.07, 6.45) is 1.40. The third kappa shape index (κ3) is 4.43. The van der Waals surface area contributed by atoms with Gasteiger partial charge in [-0.2, -0.15) is 0 Å². The fourth-order valence-electron chi connectivity index (χ4n) is 1.58. The van der Waals surface area contributed by atoms with E-state index in [-0.39, 0.29) is 5.56 Å². The molecule has 1 N–H and O–H groups in total. The normalized spacial score (nSPS) is 11.2. The van der Waals surface area contributed by atoms with Crippen LogP contribution in [-0.2, 0) is 11.3 Å². The minimum atomic E-state index is -0.950. The number of ether oxygens (including phenoxy) is 1. The Bertz CT molecular complexity index is 376. The van der Waals surface area contributed by atoms with Crippen molar-refractivity contribution in [2.75, 3.05) is 20.3 Å². The van der Waals surface area contributed by atoms with Gasteiger partial charge in [-0.1, -0.05) is 0 Å². The Hall–Kier alpha value is -1.46. The van der Waals surface area contributed by atoms with Crippen molar-refractivity contribution in [3.05, 3.63) is 29.6 Å². The highest BCUT2D eigenvalue weighted by Gasteiger charge is 2.11. The van der Waals surface area contributed by atoms with Gasteiger partial charge in [-0.05, 0) is 26.0 Å².